The van der Waals surface area contributed by atoms with Crippen molar-refractivity contribution in [2.75, 3.05) is 0 Å². The van der Waals surface area contributed by atoms with Gasteiger partial charge in [-0.05, 0) is 18.6 Å². The Morgan fingerprint density at radius 3 is 3.00 bits per heavy atom. The lowest BCUT2D eigenvalue weighted by Crippen LogP contribution is -2.17. The molecule has 0 fully saturated rings. The topological polar surface area (TPSA) is 71.5 Å². The van der Waals surface area contributed by atoms with Crippen molar-refractivity contribution in [2.45, 2.75) is 19.8 Å². The third-order valence-corrected chi connectivity index (χ3v) is 2.17. The van der Waals surface area contributed by atoms with E-state index in [1.165, 1.54) is 0 Å². The molecule has 0 saturated carbocycles. The van der Waals surface area contributed by atoms with Crippen LogP contribution in [0.25, 0.3) is 11.4 Å². The second kappa shape index (κ2) is 4.65. The predicted molar refractivity (Wildman–Crippen MR) is 59.9 cm³/mol. The molecule has 2 aromatic heterocycles. The van der Waals surface area contributed by atoms with E-state index >= 15 is 0 Å². The maximum absolute atomic E-state index is 11.4. The van der Waals surface area contributed by atoms with Gasteiger partial charge in [-0.1, -0.05) is 13.3 Å². The van der Waals surface area contributed by atoms with Crippen LogP contribution >= 0.6 is 0 Å². The Kier molecular flexibility index (Phi) is 3.05. The summed E-state index contributed by atoms with van der Waals surface area (Å²) in [4.78, 5) is 19.6. The molecule has 0 saturated heterocycles. The molecule has 0 aliphatic rings. The lowest BCUT2D eigenvalue weighted by Gasteiger charge is -2.00. The van der Waals surface area contributed by atoms with Crippen LogP contribution < -0.4 is 5.56 Å². The summed E-state index contributed by atoms with van der Waals surface area (Å²) in [5.41, 5.74) is 1.11. The van der Waals surface area contributed by atoms with Crippen LogP contribution in [-0.4, -0.2) is 20.2 Å². The van der Waals surface area contributed by atoms with Gasteiger partial charge < -0.3 is 0 Å². The van der Waals surface area contributed by atoms with E-state index in [1.54, 1.807) is 12.4 Å². The van der Waals surface area contributed by atoms with Crippen LogP contribution in [0.1, 0.15) is 19.0 Å². The monoisotopic (exact) mass is 216 g/mol. The van der Waals surface area contributed by atoms with Crippen molar-refractivity contribution in [3.8, 4) is 11.4 Å². The van der Waals surface area contributed by atoms with E-state index in [0.717, 1.165) is 12.0 Å². The van der Waals surface area contributed by atoms with Gasteiger partial charge in [-0.2, -0.15) is 5.10 Å². The quantitative estimate of drug-likeness (QED) is 0.836. The van der Waals surface area contributed by atoms with E-state index in [2.05, 4.69) is 20.2 Å². The third kappa shape index (κ3) is 2.13. The summed E-state index contributed by atoms with van der Waals surface area (Å²) in [6.45, 7) is 2.01. The fourth-order valence-electron chi connectivity index (χ4n) is 1.40. The summed E-state index contributed by atoms with van der Waals surface area (Å²) in [5, 5.41) is 6.36. The van der Waals surface area contributed by atoms with Gasteiger partial charge in [-0.15, -0.1) is 0 Å². The molecule has 2 heterocycles. The van der Waals surface area contributed by atoms with E-state index in [1.807, 2.05) is 19.1 Å². The summed E-state index contributed by atoms with van der Waals surface area (Å²) >= 11 is 0. The Labute approximate surface area is 92.6 Å². The van der Waals surface area contributed by atoms with Crippen molar-refractivity contribution in [3.05, 3.63) is 40.6 Å². The van der Waals surface area contributed by atoms with Crippen LogP contribution in [0.15, 0.2) is 29.3 Å². The normalized spacial score (nSPS) is 10.3. The molecular weight excluding hydrogens is 204 g/mol. The zero-order valence-corrected chi connectivity index (χ0v) is 8.97. The Hall–Kier alpha value is -2.04. The summed E-state index contributed by atoms with van der Waals surface area (Å²) in [5.74, 6) is 0.510. The minimum atomic E-state index is -0.213. The van der Waals surface area contributed by atoms with Crippen LogP contribution in [0, 0.1) is 0 Å². The van der Waals surface area contributed by atoms with Crippen molar-refractivity contribution in [2.24, 2.45) is 0 Å². The lowest BCUT2D eigenvalue weighted by molar-refractivity contribution is 0.816. The lowest BCUT2D eigenvalue weighted by atomic mass is 10.2. The first-order chi connectivity index (χ1) is 7.81. The molecule has 82 valence electrons. The highest BCUT2D eigenvalue weighted by atomic mass is 16.1. The van der Waals surface area contributed by atoms with Gasteiger partial charge in [-0.25, -0.2) is 10.1 Å². The van der Waals surface area contributed by atoms with Crippen LogP contribution in [0.5, 0.6) is 0 Å². The van der Waals surface area contributed by atoms with E-state index in [9.17, 15) is 4.79 Å². The third-order valence-electron chi connectivity index (χ3n) is 2.17. The minimum absolute atomic E-state index is 0.213. The van der Waals surface area contributed by atoms with E-state index in [-0.39, 0.29) is 5.56 Å². The molecule has 5 heteroatoms. The van der Waals surface area contributed by atoms with E-state index in [4.69, 9.17) is 0 Å². The number of aryl methyl sites for hydroxylation is 1. The molecule has 0 amide bonds. The molecule has 0 radical (unpaired) electrons. The number of hydrogen-bond acceptors (Lipinski definition) is 4. The molecule has 1 N–H and O–H groups in total. The average molecular weight is 216 g/mol. The predicted octanol–water partition coefficient (Wildman–Crippen LogP) is 1.18. The Bertz CT molecular complexity index is 521. The first kappa shape index (κ1) is 10.5. The van der Waals surface area contributed by atoms with Gasteiger partial charge in [0.25, 0.3) is 5.56 Å². The zero-order chi connectivity index (χ0) is 11.4. The smallest absolute Gasteiger partial charge is 0.266 e. The number of nitrogens with zero attached hydrogens (tertiary/aromatic N) is 3. The Morgan fingerprint density at radius 1 is 1.44 bits per heavy atom. The molecule has 0 unspecified atom stereocenters. The number of hydrogen-bond donors (Lipinski definition) is 1. The molecule has 0 aliphatic carbocycles. The van der Waals surface area contributed by atoms with Gasteiger partial charge in [-0.3, -0.25) is 9.78 Å². The number of aromatic amines is 1. The second-order valence-corrected chi connectivity index (χ2v) is 3.43. The Balaban J connectivity index is 2.44. The van der Waals surface area contributed by atoms with Crippen molar-refractivity contribution < 1.29 is 0 Å². The van der Waals surface area contributed by atoms with Crippen LogP contribution in [-0.2, 0) is 6.42 Å². The summed E-state index contributed by atoms with van der Waals surface area (Å²) in [6, 6.07) is 3.67. The second-order valence-electron chi connectivity index (χ2n) is 3.43. The average Bonchev–Trinajstić information content (AvgIpc) is 2.33. The van der Waals surface area contributed by atoms with Gasteiger partial charge in [0.15, 0.2) is 5.82 Å². The summed E-state index contributed by atoms with van der Waals surface area (Å²) < 4.78 is 0. The molecule has 5 nitrogen and oxygen atoms in total. The van der Waals surface area contributed by atoms with E-state index < -0.39 is 0 Å². The first-order valence-corrected chi connectivity index (χ1v) is 5.17. The van der Waals surface area contributed by atoms with E-state index in [0.29, 0.717) is 17.9 Å². The first-order valence-electron chi connectivity index (χ1n) is 5.17. The van der Waals surface area contributed by atoms with Crippen LogP contribution in [0.2, 0.25) is 0 Å². The summed E-state index contributed by atoms with van der Waals surface area (Å²) in [6.07, 6.45) is 4.89. The maximum Gasteiger partial charge on any atom is 0.285 e. The molecule has 0 atom stereocenters. The Morgan fingerprint density at radius 2 is 2.31 bits per heavy atom. The summed E-state index contributed by atoms with van der Waals surface area (Å²) in [7, 11) is 0. The molecule has 2 rings (SSSR count). The molecular formula is C11H12N4O. The largest absolute Gasteiger partial charge is 0.285 e. The van der Waals surface area contributed by atoms with Gasteiger partial charge in [0.05, 0.1) is 0 Å². The number of nitrogens with one attached hydrogen (secondary N) is 1. The molecule has 0 aromatic carbocycles. The number of H-pyrrole nitrogens is 1. The van der Waals surface area contributed by atoms with Gasteiger partial charge in [0, 0.05) is 18.0 Å². The SMILES string of the molecule is CCCc1nc(-c2cccnc2)n[nH]c1=O. The molecule has 0 aliphatic heterocycles. The molecule has 2 aromatic rings. The highest BCUT2D eigenvalue weighted by Gasteiger charge is 2.06. The van der Waals surface area contributed by atoms with Gasteiger partial charge in [0.2, 0.25) is 0 Å². The van der Waals surface area contributed by atoms with Gasteiger partial charge >= 0.3 is 0 Å². The fraction of sp³-hybridized carbons (Fsp3) is 0.273. The number of pyridine rings is 1. The van der Waals surface area contributed by atoms with Crippen molar-refractivity contribution in [1.82, 2.24) is 20.2 Å². The van der Waals surface area contributed by atoms with Gasteiger partial charge in [0.1, 0.15) is 5.69 Å². The maximum atomic E-state index is 11.4. The molecule has 0 bridgehead atoms. The van der Waals surface area contributed by atoms with Crippen molar-refractivity contribution in [3.63, 3.8) is 0 Å². The standard InChI is InChI=1S/C11H12N4O/c1-2-4-9-11(16)15-14-10(13-9)8-5-3-6-12-7-8/h3,5-7H,2,4H2,1H3,(H,15,16). The van der Waals surface area contributed by atoms with Crippen LogP contribution in [0.3, 0.4) is 0 Å². The fourth-order valence-corrected chi connectivity index (χ4v) is 1.40. The molecule has 16 heavy (non-hydrogen) atoms. The highest BCUT2D eigenvalue weighted by Crippen LogP contribution is 2.10. The minimum Gasteiger partial charge on any atom is -0.266 e. The molecule has 0 spiro atoms. The zero-order valence-electron chi connectivity index (χ0n) is 8.97. The van der Waals surface area contributed by atoms with Crippen molar-refractivity contribution >= 4 is 0 Å². The van der Waals surface area contributed by atoms with Crippen LogP contribution in [0.4, 0.5) is 0 Å². The number of aromatic nitrogens is 4. The highest BCUT2D eigenvalue weighted by molar-refractivity contribution is 5.51. The number of rotatable bonds is 3. The van der Waals surface area contributed by atoms with Crippen molar-refractivity contribution in [1.29, 1.82) is 0 Å².